The van der Waals surface area contributed by atoms with Gasteiger partial charge in [0.1, 0.15) is 0 Å². The van der Waals surface area contributed by atoms with Crippen LogP contribution in [0.25, 0.3) is 10.9 Å². The first-order chi connectivity index (χ1) is 13.0. The molecule has 1 amide bonds. The molecule has 1 heterocycles. The minimum atomic E-state index is -0.497. The topological polar surface area (TPSA) is 84.0 Å². The lowest BCUT2D eigenvalue weighted by Gasteiger charge is -2.15. The van der Waals surface area contributed by atoms with Crippen molar-refractivity contribution in [1.82, 2.24) is 14.9 Å². The molecule has 0 bridgehead atoms. The number of hydrogen-bond donors (Lipinski definition) is 2. The molecule has 27 heavy (non-hydrogen) atoms. The van der Waals surface area contributed by atoms with Gasteiger partial charge in [-0.2, -0.15) is 0 Å². The Balaban J connectivity index is 1.59. The summed E-state index contributed by atoms with van der Waals surface area (Å²) in [6.45, 7) is 2.19. The quantitative estimate of drug-likeness (QED) is 0.673. The Morgan fingerprint density at radius 2 is 1.78 bits per heavy atom. The summed E-state index contributed by atoms with van der Waals surface area (Å²) in [6, 6.07) is 17.1. The van der Waals surface area contributed by atoms with Gasteiger partial charge in [0.25, 0.3) is 5.56 Å². The van der Waals surface area contributed by atoms with Crippen LogP contribution in [0.3, 0.4) is 0 Å². The second kappa shape index (κ2) is 8.49. The molecule has 0 aliphatic rings. The van der Waals surface area contributed by atoms with E-state index in [0.29, 0.717) is 10.9 Å². The minimum absolute atomic E-state index is 0.0433. The van der Waals surface area contributed by atoms with Gasteiger partial charge in [-0.15, -0.1) is 0 Å². The normalized spacial score (nSPS) is 12.0. The number of nitrogens with one attached hydrogen (secondary N) is 2. The van der Waals surface area contributed by atoms with E-state index in [1.807, 2.05) is 25.1 Å². The molecule has 0 spiro atoms. The Morgan fingerprint density at radius 1 is 1.07 bits per heavy atom. The van der Waals surface area contributed by atoms with E-state index < -0.39 is 11.2 Å². The van der Waals surface area contributed by atoms with Crippen molar-refractivity contribution in [3.8, 4) is 0 Å². The summed E-state index contributed by atoms with van der Waals surface area (Å²) < 4.78 is 1.44. The van der Waals surface area contributed by atoms with E-state index >= 15 is 0 Å². The molecule has 0 radical (unpaired) electrons. The fraction of sp³-hybridized carbons (Fsp3) is 0.286. The molecule has 1 atom stereocenters. The Hall–Kier alpha value is -3.15. The molecule has 0 saturated heterocycles. The van der Waals surface area contributed by atoms with Crippen molar-refractivity contribution < 1.29 is 4.79 Å². The van der Waals surface area contributed by atoms with Gasteiger partial charge in [0, 0.05) is 19.0 Å². The van der Waals surface area contributed by atoms with Crippen LogP contribution in [0.2, 0.25) is 0 Å². The first-order valence-electron chi connectivity index (χ1n) is 9.10. The molecule has 140 valence electrons. The Kier molecular flexibility index (Phi) is 5.86. The Morgan fingerprint density at radius 3 is 2.56 bits per heavy atom. The van der Waals surface area contributed by atoms with Gasteiger partial charge >= 0.3 is 5.69 Å². The lowest BCUT2D eigenvalue weighted by molar-refractivity contribution is -0.121. The summed E-state index contributed by atoms with van der Waals surface area (Å²) in [7, 11) is 0. The summed E-state index contributed by atoms with van der Waals surface area (Å²) in [5.74, 6) is -0.113. The van der Waals surface area contributed by atoms with Gasteiger partial charge in [-0.25, -0.2) is 4.79 Å². The molecular weight excluding hydrogens is 342 g/mol. The molecule has 1 unspecified atom stereocenters. The van der Waals surface area contributed by atoms with Gasteiger partial charge in [-0.3, -0.25) is 19.1 Å². The van der Waals surface area contributed by atoms with Gasteiger partial charge in [0.15, 0.2) is 0 Å². The van der Waals surface area contributed by atoms with E-state index in [2.05, 4.69) is 22.4 Å². The maximum absolute atomic E-state index is 12.3. The summed E-state index contributed by atoms with van der Waals surface area (Å²) in [4.78, 5) is 38.6. The molecule has 6 heteroatoms. The van der Waals surface area contributed by atoms with Crippen molar-refractivity contribution in [2.24, 2.45) is 0 Å². The maximum atomic E-state index is 12.3. The van der Waals surface area contributed by atoms with Crippen LogP contribution in [-0.2, 0) is 17.8 Å². The van der Waals surface area contributed by atoms with E-state index in [0.717, 1.165) is 12.8 Å². The van der Waals surface area contributed by atoms with E-state index in [1.165, 1.54) is 10.1 Å². The van der Waals surface area contributed by atoms with Crippen LogP contribution < -0.4 is 16.6 Å². The predicted octanol–water partition coefficient (Wildman–Crippen LogP) is 2.22. The first-order valence-corrected chi connectivity index (χ1v) is 9.10. The second-order valence-corrected chi connectivity index (χ2v) is 6.67. The van der Waals surface area contributed by atoms with Crippen LogP contribution in [0, 0.1) is 0 Å². The number of hydrogen-bond acceptors (Lipinski definition) is 3. The molecule has 6 nitrogen and oxygen atoms in total. The van der Waals surface area contributed by atoms with Crippen molar-refractivity contribution in [3.63, 3.8) is 0 Å². The number of nitrogens with zero attached hydrogens (tertiary/aromatic N) is 1. The molecule has 0 fully saturated rings. The van der Waals surface area contributed by atoms with Gasteiger partial charge in [-0.05, 0) is 37.5 Å². The Bertz CT molecular complexity index is 1040. The van der Waals surface area contributed by atoms with Crippen molar-refractivity contribution in [1.29, 1.82) is 0 Å². The van der Waals surface area contributed by atoms with E-state index in [4.69, 9.17) is 0 Å². The average Bonchev–Trinajstić information content (AvgIpc) is 2.67. The van der Waals surface area contributed by atoms with Crippen LogP contribution in [0.4, 0.5) is 0 Å². The predicted molar refractivity (Wildman–Crippen MR) is 106 cm³/mol. The zero-order chi connectivity index (χ0) is 19.2. The molecule has 0 aliphatic heterocycles. The van der Waals surface area contributed by atoms with E-state index in [1.54, 1.807) is 24.3 Å². The smallest absolute Gasteiger partial charge is 0.328 e. The number of rotatable bonds is 7. The third kappa shape index (κ3) is 4.73. The fourth-order valence-electron chi connectivity index (χ4n) is 3.12. The summed E-state index contributed by atoms with van der Waals surface area (Å²) in [5, 5.41) is 3.41. The number of carbonyl (C=O) groups excluding carboxylic acids is 1. The largest absolute Gasteiger partial charge is 0.354 e. The second-order valence-electron chi connectivity index (χ2n) is 6.67. The summed E-state index contributed by atoms with van der Waals surface area (Å²) in [6.07, 6.45) is 1.91. The lowest BCUT2D eigenvalue weighted by Crippen LogP contribution is -2.35. The zero-order valence-corrected chi connectivity index (χ0v) is 15.3. The van der Waals surface area contributed by atoms with E-state index in [-0.39, 0.29) is 24.9 Å². The van der Waals surface area contributed by atoms with Gasteiger partial charge in [0.05, 0.1) is 10.9 Å². The van der Waals surface area contributed by atoms with Crippen LogP contribution in [-0.4, -0.2) is 21.5 Å². The highest BCUT2D eigenvalue weighted by Crippen LogP contribution is 2.08. The molecule has 2 aromatic carbocycles. The lowest BCUT2D eigenvalue weighted by atomic mass is 10.1. The average molecular weight is 365 g/mol. The van der Waals surface area contributed by atoms with Crippen LogP contribution in [0.15, 0.2) is 64.2 Å². The number of benzene rings is 2. The monoisotopic (exact) mass is 365 g/mol. The highest BCUT2D eigenvalue weighted by molar-refractivity contribution is 5.78. The summed E-state index contributed by atoms with van der Waals surface area (Å²) >= 11 is 0. The fourth-order valence-corrected chi connectivity index (χ4v) is 3.12. The molecule has 2 N–H and O–H groups in total. The van der Waals surface area contributed by atoms with Gasteiger partial charge in [-0.1, -0.05) is 42.5 Å². The van der Waals surface area contributed by atoms with Crippen molar-refractivity contribution >= 4 is 16.8 Å². The van der Waals surface area contributed by atoms with Crippen LogP contribution in [0.1, 0.15) is 25.3 Å². The van der Waals surface area contributed by atoms with Crippen LogP contribution in [0.5, 0.6) is 0 Å². The number of fused-ring (bicyclic) bond motifs is 1. The number of H-pyrrole nitrogens is 1. The Labute approximate surface area is 156 Å². The SMILES string of the molecule is CC(CCc1ccccc1)NC(=O)CCn1c(=O)[nH]c(=O)c2ccccc21. The highest BCUT2D eigenvalue weighted by atomic mass is 16.2. The number of para-hydroxylation sites is 1. The number of amides is 1. The first kappa shape index (κ1) is 18.6. The van der Waals surface area contributed by atoms with Crippen molar-refractivity contribution in [2.45, 2.75) is 38.8 Å². The third-order valence-corrected chi connectivity index (χ3v) is 4.58. The van der Waals surface area contributed by atoms with E-state index in [9.17, 15) is 14.4 Å². The third-order valence-electron chi connectivity index (χ3n) is 4.58. The summed E-state index contributed by atoms with van der Waals surface area (Å²) in [5.41, 5.74) is 0.871. The maximum Gasteiger partial charge on any atom is 0.328 e. The van der Waals surface area contributed by atoms with Crippen molar-refractivity contribution in [3.05, 3.63) is 81.0 Å². The molecule has 3 aromatic rings. The number of aromatic nitrogens is 2. The standard InChI is InChI=1S/C21H23N3O3/c1-15(11-12-16-7-3-2-4-8-16)22-19(25)13-14-24-18-10-6-5-9-17(18)20(26)23-21(24)27/h2-10,15H,11-14H2,1H3,(H,22,25)(H,23,26,27). The van der Waals surface area contributed by atoms with Crippen LogP contribution >= 0.6 is 0 Å². The van der Waals surface area contributed by atoms with Gasteiger partial charge in [0.2, 0.25) is 5.91 Å². The molecular formula is C21H23N3O3. The molecule has 3 rings (SSSR count). The molecule has 1 aromatic heterocycles. The number of carbonyl (C=O) groups is 1. The zero-order valence-electron chi connectivity index (χ0n) is 15.3. The number of aryl methyl sites for hydroxylation is 2. The molecule has 0 saturated carbocycles. The number of aromatic amines is 1. The minimum Gasteiger partial charge on any atom is -0.354 e. The highest BCUT2D eigenvalue weighted by Gasteiger charge is 2.11. The van der Waals surface area contributed by atoms with Crippen molar-refractivity contribution in [2.75, 3.05) is 0 Å². The van der Waals surface area contributed by atoms with Gasteiger partial charge < -0.3 is 5.32 Å². The molecule has 0 aliphatic carbocycles.